The summed E-state index contributed by atoms with van der Waals surface area (Å²) in [6.07, 6.45) is 1.75. The van der Waals surface area contributed by atoms with E-state index in [2.05, 4.69) is 15.2 Å². The summed E-state index contributed by atoms with van der Waals surface area (Å²) in [6.45, 7) is 4.41. The van der Waals surface area contributed by atoms with Crippen LogP contribution in [0, 0.1) is 11.7 Å². The zero-order valence-electron chi connectivity index (χ0n) is 16.2. The highest BCUT2D eigenvalue weighted by Crippen LogP contribution is 2.18. The normalized spacial score (nSPS) is 17.3. The molecular weight excluding hydrogens is 464 g/mol. The molecule has 1 aromatic rings. The van der Waals surface area contributed by atoms with Gasteiger partial charge in [-0.25, -0.2) is 4.39 Å². The Morgan fingerprint density at radius 1 is 1.44 bits per heavy atom. The number of piperidine rings is 1. The van der Waals surface area contributed by atoms with Crippen molar-refractivity contribution in [1.82, 2.24) is 10.2 Å². The average Bonchev–Trinajstić information content (AvgIpc) is 2.65. The third kappa shape index (κ3) is 6.91. The minimum Gasteiger partial charge on any atom is -0.466 e. The van der Waals surface area contributed by atoms with Gasteiger partial charge in [-0.2, -0.15) is 0 Å². The molecule has 27 heavy (non-hydrogen) atoms. The molecule has 1 atom stereocenters. The van der Waals surface area contributed by atoms with Gasteiger partial charge in [-0.3, -0.25) is 9.79 Å². The summed E-state index contributed by atoms with van der Waals surface area (Å²) >= 11 is 0. The molecule has 0 radical (unpaired) electrons. The first-order chi connectivity index (χ1) is 12.6. The molecular formula is C19H29FIN3O3. The lowest BCUT2D eigenvalue weighted by molar-refractivity contribution is -0.149. The summed E-state index contributed by atoms with van der Waals surface area (Å²) < 4.78 is 23.9. The number of methoxy groups -OCH3 is 1. The van der Waals surface area contributed by atoms with E-state index in [4.69, 9.17) is 9.47 Å². The Morgan fingerprint density at radius 2 is 2.22 bits per heavy atom. The van der Waals surface area contributed by atoms with E-state index in [1.165, 1.54) is 6.07 Å². The lowest BCUT2D eigenvalue weighted by Crippen LogP contribution is -2.48. The van der Waals surface area contributed by atoms with Crippen LogP contribution in [0.5, 0.6) is 0 Å². The maximum absolute atomic E-state index is 13.7. The van der Waals surface area contributed by atoms with Gasteiger partial charge in [0.2, 0.25) is 0 Å². The third-order valence-electron chi connectivity index (χ3n) is 4.41. The minimum absolute atomic E-state index is 0. The van der Waals surface area contributed by atoms with Gasteiger partial charge in [-0.1, -0.05) is 6.07 Å². The molecule has 2 rings (SSSR count). The monoisotopic (exact) mass is 493 g/mol. The number of rotatable bonds is 6. The van der Waals surface area contributed by atoms with Crippen LogP contribution in [0.1, 0.15) is 30.9 Å². The van der Waals surface area contributed by atoms with Crippen molar-refractivity contribution >= 4 is 35.9 Å². The van der Waals surface area contributed by atoms with Crippen molar-refractivity contribution in [2.24, 2.45) is 10.9 Å². The van der Waals surface area contributed by atoms with Gasteiger partial charge < -0.3 is 19.7 Å². The first kappa shape index (κ1) is 23.6. The van der Waals surface area contributed by atoms with Crippen molar-refractivity contribution < 1.29 is 18.7 Å². The lowest BCUT2D eigenvalue weighted by atomic mass is 9.98. The fourth-order valence-electron chi connectivity index (χ4n) is 3.14. The number of esters is 1. The number of benzene rings is 1. The van der Waals surface area contributed by atoms with Crippen LogP contribution in [0.2, 0.25) is 0 Å². The van der Waals surface area contributed by atoms with Crippen LogP contribution in [-0.4, -0.2) is 50.7 Å². The molecule has 6 nitrogen and oxygen atoms in total. The van der Waals surface area contributed by atoms with Crippen molar-refractivity contribution in [3.05, 3.63) is 35.1 Å². The molecule has 0 bridgehead atoms. The van der Waals surface area contributed by atoms with Gasteiger partial charge in [-0.15, -0.1) is 24.0 Å². The van der Waals surface area contributed by atoms with Gasteiger partial charge in [0.15, 0.2) is 5.96 Å². The highest BCUT2D eigenvalue weighted by molar-refractivity contribution is 14.0. The number of nitrogens with one attached hydrogen (secondary N) is 1. The predicted octanol–water partition coefficient (Wildman–Crippen LogP) is 2.94. The van der Waals surface area contributed by atoms with Crippen molar-refractivity contribution in [1.29, 1.82) is 0 Å². The van der Waals surface area contributed by atoms with E-state index in [9.17, 15) is 9.18 Å². The topological polar surface area (TPSA) is 63.2 Å². The van der Waals surface area contributed by atoms with E-state index in [0.29, 0.717) is 25.3 Å². The number of halogens is 2. The molecule has 0 amide bonds. The summed E-state index contributed by atoms with van der Waals surface area (Å²) in [5, 5.41) is 3.30. The molecule has 1 aromatic carbocycles. The summed E-state index contributed by atoms with van der Waals surface area (Å²) in [4.78, 5) is 18.4. The lowest BCUT2D eigenvalue weighted by Gasteiger charge is -2.34. The summed E-state index contributed by atoms with van der Waals surface area (Å²) in [5.74, 6) is 0.196. The Morgan fingerprint density at radius 3 is 2.89 bits per heavy atom. The fourth-order valence-corrected chi connectivity index (χ4v) is 3.14. The number of ether oxygens (including phenoxy) is 2. The molecule has 152 valence electrons. The molecule has 0 saturated carbocycles. The minimum atomic E-state index is -0.270. The van der Waals surface area contributed by atoms with E-state index in [0.717, 1.165) is 30.9 Å². The molecule has 0 spiro atoms. The Labute approximate surface area is 177 Å². The van der Waals surface area contributed by atoms with Crippen LogP contribution in [0.25, 0.3) is 0 Å². The second-order valence-electron chi connectivity index (χ2n) is 6.30. The smallest absolute Gasteiger partial charge is 0.310 e. The number of aliphatic imine (C=N–C) groups is 1. The second kappa shape index (κ2) is 12.1. The predicted molar refractivity (Wildman–Crippen MR) is 114 cm³/mol. The molecule has 1 N–H and O–H groups in total. The van der Waals surface area contributed by atoms with E-state index < -0.39 is 0 Å². The Hall–Kier alpha value is -1.42. The van der Waals surface area contributed by atoms with Gasteiger partial charge in [0.1, 0.15) is 5.82 Å². The van der Waals surface area contributed by atoms with Crippen LogP contribution in [-0.2, 0) is 27.4 Å². The zero-order valence-corrected chi connectivity index (χ0v) is 18.5. The van der Waals surface area contributed by atoms with Crippen molar-refractivity contribution in [2.75, 3.05) is 33.9 Å². The molecule has 1 aliphatic rings. The van der Waals surface area contributed by atoms with Gasteiger partial charge in [0.05, 0.1) is 19.1 Å². The molecule has 0 aromatic heterocycles. The van der Waals surface area contributed by atoms with Crippen LogP contribution in [0.4, 0.5) is 4.39 Å². The number of nitrogens with zero attached hydrogens (tertiary/aromatic N) is 2. The van der Waals surface area contributed by atoms with Crippen molar-refractivity contribution in [3.63, 3.8) is 0 Å². The fraction of sp³-hybridized carbons (Fsp3) is 0.579. The number of hydrogen-bond donors (Lipinski definition) is 1. The van der Waals surface area contributed by atoms with Gasteiger partial charge in [0.25, 0.3) is 0 Å². The summed E-state index contributed by atoms with van der Waals surface area (Å²) in [5.41, 5.74) is 1.47. The highest BCUT2D eigenvalue weighted by Gasteiger charge is 2.28. The molecule has 8 heteroatoms. The Balaban J connectivity index is 0.00000364. The summed E-state index contributed by atoms with van der Waals surface area (Å²) in [7, 11) is 3.26. The number of carbonyl (C=O) groups excluding carboxylic acids is 1. The van der Waals surface area contributed by atoms with Crippen molar-refractivity contribution in [3.8, 4) is 0 Å². The van der Waals surface area contributed by atoms with Crippen LogP contribution < -0.4 is 5.32 Å². The largest absolute Gasteiger partial charge is 0.466 e. The summed E-state index contributed by atoms with van der Waals surface area (Å²) in [6, 6.07) is 4.98. The average molecular weight is 493 g/mol. The second-order valence-corrected chi connectivity index (χ2v) is 6.30. The van der Waals surface area contributed by atoms with E-state index in [-0.39, 0.29) is 48.3 Å². The standard InChI is InChI=1S/C19H28FN3O3.HI/c1-4-26-18(24)15-6-5-9-23(12-15)19(21-2)22-11-14-7-8-17(20)16(10-14)13-25-3;/h7-8,10,15H,4-6,9,11-13H2,1-3H3,(H,21,22);1H. The zero-order chi connectivity index (χ0) is 18.9. The maximum Gasteiger partial charge on any atom is 0.310 e. The third-order valence-corrected chi connectivity index (χ3v) is 4.41. The SMILES string of the molecule is CCOC(=O)C1CCCN(C(=NC)NCc2ccc(F)c(COC)c2)C1.I. The van der Waals surface area contributed by atoms with Crippen LogP contribution >= 0.6 is 24.0 Å². The molecule has 0 aliphatic carbocycles. The van der Waals surface area contributed by atoms with Gasteiger partial charge in [0, 0.05) is 39.4 Å². The Kier molecular flexibility index (Phi) is 10.6. The molecule has 1 aliphatic heterocycles. The maximum atomic E-state index is 13.7. The van der Waals surface area contributed by atoms with Gasteiger partial charge >= 0.3 is 5.97 Å². The van der Waals surface area contributed by atoms with E-state index >= 15 is 0 Å². The van der Waals surface area contributed by atoms with Crippen LogP contribution in [0.3, 0.4) is 0 Å². The molecule has 1 saturated heterocycles. The number of carbonyl (C=O) groups is 1. The van der Waals surface area contributed by atoms with Crippen LogP contribution in [0.15, 0.2) is 23.2 Å². The number of hydrogen-bond acceptors (Lipinski definition) is 4. The molecule has 1 fully saturated rings. The first-order valence-corrected chi connectivity index (χ1v) is 8.97. The highest BCUT2D eigenvalue weighted by atomic mass is 127. The van der Waals surface area contributed by atoms with Crippen molar-refractivity contribution in [2.45, 2.75) is 32.9 Å². The quantitative estimate of drug-likeness (QED) is 0.286. The van der Waals surface area contributed by atoms with E-state index in [1.807, 2.05) is 6.92 Å². The molecule has 1 unspecified atom stereocenters. The van der Waals surface area contributed by atoms with Gasteiger partial charge in [-0.05, 0) is 37.5 Å². The van der Waals surface area contributed by atoms with E-state index in [1.54, 1.807) is 26.3 Å². The first-order valence-electron chi connectivity index (χ1n) is 8.97. The number of guanidine groups is 1. The molecule has 1 heterocycles. The Bertz CT molecular complexity index is 643. The number of likely N-dealkylation sites (tertiary alicyclic amines) is 1.